The molecule has 162 valence electrons. The summed E-state index contributed by atoms with van der Waals surface area (Å²) in [6, 6.07) is 2.36. The minimum Gasteiger partial charge on any atom is -0.392 e. The van der Waals surface area contributed by atoms with Crippen molar-refractivity contribution in [1.82, 2.24) is 29.4 Å². The van der Waals surface area contributed by atoms with Gasteiger partial charge in [-0.15, -0.1) is 10.2 Å². The molecule has 1 amide bonds. The second-order valence-corrected chi connectivity index (χ2v) is 9.19. The number of piperidine rings is 2. The molecule has 1 spiro atoms. The van der Waals surface area contributed by atoms with Crippen LogP contribution in [-0.4, -0.2) is 91.9 Å². The Balaban J connectivity index is 1.27. The van der Waals surface area contributed by atoms with Crippen molar-refractivity contribution in [2.75, 3.05) is 39.4 Å². The number of β-amino-alcohol motifs (C(OH)–C–C–N with tert-alkyl or cyclic N) is 1. The van der Waals surface area contributed by atoms with E-state index in [1.54, 1.807) is 10.6 Å². The quantitative estimate of drug-likeness (QED) is 0.780. The van der Waals surface area contributed by atoms with Crippen LogP contribution in [0.15, 0.2) is 12.3 Å². The first-order valence-corrected chi connectivity index (χ1v) is 11.0. The van der Waals surface area contributed by atoms with Gasteiger partial charge in [-0.25, -0.2) is 4.98 Å². The Kier molecular flexibility index (Phi) is 5.20. The molecule has 0 aliphatic carbocycles. The Morgan fingerprint density at radius 1 is 1.23 bits per heavy atom. The van der Waals surface area contributed by atoms with E-state index in [0.717, 1.165) is 64.1 Å². The topological polar surface area (TPSA) is 96.1 Å². The first kappa shape index (κ1) is 19.8. The number of nitrogens with zero attached hydrogens (tertiary/aromatic N) is 6. The number of hydrogen-bond donors (Lipinski definition) is 1. The summed E-state index contributed by atoms with van der Waals surface area (Å²) in [7, 11) is 0. The van der Waals surface area contributed by atoms with Gasteiger partial charge in [-0.05, 0) is 50.5 Å². The maximum absolute atomic E-state index is 13.1. The molecule has 1 atom stereocenters. The predicted octanol–water partition coefficient (Wildman–Crippen LogP) is 0.901. The Labute approximate surface area is 176 Å². The van der Waals surface area contributed by atoms with Gasteiger partial charge in [-0.3, -0.25) is 14.1 Å². The number of carbonyl (C=O) groups is 1. The van der Waals surface area contributed by atoms with E-state index in [4.69, 9.17) is 4.74 Å². The van der Waals surface area contributed by atoms with Crippen LogP contribution >= 0.6 is 0 Å². The molecule has 9 nitrogen and oxygen atoms in total. The van der Waals surface area contributed by atoms with Crippen LogP contribution in [0, 0.1) is 12.3 Å². The summed E-state index contributed by atoms with van der Waals surface area (Å²) in [4.78, 5) is 21.8. The van der Waals surface area contributed by atoms with Gasteiger partial charge < -0.3 is 14.7 Å². The molecule has 1 N–H and O–H groups in total. The van der Waals surface area contributed by atoms with Gasteiger partial charge in [0.25, 0.3) is 11.7 Å². The lowest BCUT2D eigenvalue weighted by Gasteiger charge is -2.51. The lowest BCUT2D eigenvalue weighted by molar-refractivity contribution is -0.0695. The lowest BCUT2D eigenvalue weighted by atomic mass is 9.71. The Hall–Kier alpha value is -2.10. The molecule has 5 rings (SSSR count). The van der Waals surface area contributed by atoms with Crippen LogP contribution in [-0.2, 0) is 4.74 Å². The lowest BCUT2D eigenvalue weighted by Crippen LogP contribution is -2.57. The van der Waals surface area contributed by atoms with E-state index in [1.165, 1.54) is 0 Å². The zero-order valence-corrected chi connectivity index (χ0v) is 17.5. The second-order valence-electron chi connectivity index (χ2n) is 9.19. The highest BCUT2D eigenvalue weighted by Gasteiger charge is 2.44. The van der Waals surface area contributed by atoms with E-state index in [9.17, 15) is 9.90 Å². The molecular weight excluding hydrogens is 384 g/mol. The average Bonchev–Trinajstić information content (AvgIpc) is 3.17. The van der Waals surface area contributed by atoms with Gasteiger partial charge in [0.05, 0.1) is 6.10 Å². The predicted molar refractivity (Wildman–Crippen MR) is 109 cm³/mol. The van der Waals surface area contributed by atoms with E-state index in [2.05, 4.69) is 20.1 Å². The average molecular weight is 415 g/mol. The molecule has 0 aromatic carbocycles. The molecule has 3 saturated heterocycles. The van der Waals surface area contributed by atoms with Gasteiger partial charge in [0, 0.05) is 57.3 Å². The largest absolute Gasteiger partial charge is 0.392 e. The highest BCUT2D eigenvalue weighted by Crippen LogP contribution is 2.41. The number of likely N-dealkylation sites (tertiary alicyclic amines) is 2. The van der Waals surface area contributed by atoms with Gasteiger partial charge in [0.1, 0.15) is 0 Å². The summed E-state index contributed by atoms with van der Waals surface area (Å²) in [5.41, 5.74) is 0.928. The molecule has 5 heterocycles. The number of rotatable bonds is 2. The molecule has 2 aromatic rings. The van der Waals surface area contributed by atoms with Crippen LogP contribution in [0.1, 0.15) is 48.4 Å². The summed E-state index contributed by atoms with van der Waals surface area (Å²) in [5.74, 6) is 0.677. The third kappa shape index (κ3) is 3.70. The smallest absolute Gasteiger partial charge is 0.292 e. The molecule has 2 aromatic heterocycles. The van der Waals surface area contributed by atoms with Crippen molar-refractivity contribution in [2.45, 2.75) is 51.2 Å². The molecule has 3 fully saturated rings. The fraction of sp³-hybridized carbons (Fsp3) is 0.714. The molecule has 3 aliphatic rings. The van der Waals surface area contributed by atoms with Crippen molar-refractivity contribution in [2.24, 2.45) is 5.41 Å². The number of aryl methyl sites for hydroxylation is 1. The van der Waals surface area contributed by atoms with Gasteiger partial charge in [-0.2, -0.15) is 0 Å². The van der Waals surface area contributed by atoms with Gasteiger partial charge in [0.15, 0.2) is 0 Å². The van der Waals surface area contributed by atoms with Gasteiger partial charge >= 0.3 is 0 Å². The molecule has 3 aliphatic heterocycles. The molecule has 1 unspecified atom stereocenters. The van der Waals surface area contributed by atoms with Crippen LogP contribution in [0.4, 0.5) is 0 Å². The van der Waals surface area contributed by atoms with E-state index in [1.807, 2.05) is 17.9 Å². The van der Waals surface area contributed by atoms with Crippen LogP contribution in [0.3, 0.4) is 0 Å². The maximum atomic E-state index is 13.1. The fourth-order valence-corrected chi connectivity index (χ4v) is 5.43. The third-order valence-corrected chi connectivity index (χ3v) is 7.08. The third-order valence-electron chi connectivity index (χ3n) is 7.08. The van der Waals surface area contributed by atoms with Crippen molar-refractivity contribution >= 4 is 11.7 Å². The minimum atomic E-state index is -0.293. The zero-order chi connectivity index (χ0) is 20.7. The zero-order valence-electron chi connectivity index (χ0n) is 17.5. The summed E-state index contributed by atoms with van der Waals surface area (Å²) < 4.78 is 7.18. The molecular formula is C21H30N6O3. The first-order chi connectivity index (χ1) is 14.5. The fourth-order valence-electron chi connectivity index (χ4n) is 5.43. The van der Waals surface area contributed by atoms with Gasteiger partial charge in [-0.1, -0.05) is 0 Å². The van der Waals surface area contributed by atoms with E-state index >= 15 is 0 Å². The minimum absolute atomic E-state index is 0.0817. The van der Waals surface area contributed by atoms with Crippen LogP contribution in [0.2, 0.25) is 0 Å². The van der Waals surface area contributed by atoms with Crippen molar-refractivity contribution in [3.63, 3.8) is 0 Å². The van der Waals surface area contributed by atoms with Crippen molar-refractivity contribution in [3.8, 4) is 0 Å². The number of aliphatic hydroxyl groups excluding tert-OH is 1. The SMILES string of the molecule is Cc1ccn2c(C(=O)N3CCC4(CC3)CC(O)CN(C3CCOCC3)C4)nnc2n1. The Bertz CT molecular complexity index is 917. The van der Waals surface area contributed by atoms with Crippen molar-refractivity contribution in [3.05, 3.63) is 23.8 Å². The molecule has 0 bridgehead atoms. The van der Waals surface area contributed by atoms with Gasteiger partial charge in [0.2, 0.25) is 5.82 Å². The van der Waals surface area contributed by atoms with E-state index < -0.39 is 0 Å². The number of ether oxygens (including phenoxy) is 1. The summed E-state index contributed by atoms with van der Waals surface area (Å²) in [5, 5.41) is 18.8. The summed E-state index contributed by atoms with van der Waals surface area (Å²) >= 11 is 0. The monoisotopic (exact) mass is 414 g/mol. The number of amides is 1. The maximum Gasteiger partial charge on any atom is 0.292 e. The van der Waals surface area contributed by atoms with Crippen molar-refractivity contribution < 1.29 is 14.6 Å². The molecule has 0 radical (unpaired) electrons. The van der Waals surface area contributed by atoms with Crippen LogP contribution in [0.5, 0.6) is 0 Å². The summed E-state index contributed by atoms with van der Waals surface area (Å²) in [6.07, 6.45) is 6.24. The Morgan fingerprint density at radius 3 is 2.77 bits per heavy atom. The van der Waals surface area contributed by atoms with Crippen LogP contribution in [0.25, 0.3) is 5.78 Å². The second kappa shape index (κ2) is 7.86. The summed E-state index contributed by atoms with van der Waals surface area (Å²) in [6.45, 7) is 6.65. The normalized spacial score (nSPS) is 25.8. The van der Waals surface area contributed by atoms with Crippen molar-refractivity contribution in [1.29, 1.82) is 0 Å². The number of aliphatic hydroxyl groups is 1. The van der Waals surface area contributed by atoms with Crippen LogP contribution < -0.4 is 0 Å². The number of fused-ring (bicyclic) bond motifs is 1. The van der Waals surface area contributed by atoms with E-state index in [0.29, 0.717) is 30.7 Å². The molecule has 0 saturated carbocycles. The first-order valence-electron chi connectivity index (χ1n) is 11.0. The molecule has 30 heavy (non-hydrogen) atoms. The van der Waals surface area contributed by atoms with E-state index in [-0.39, 0.29) is 17.4 Å². The number of aromatic nitrogens is 4. The highest BCUT2D eigenvalue weighted by atomic mass is 16.5. The standard InChI is InChI=1S/C21H30N6O3/c1-15-2-7-27-18(23-24-20(27)22-15)19(29)25-8-5-21(6-9-25)12-17(28)13-26(14-21)16-3-10-30-11-4-16/h2,7,16-17,28H,3-6,8-14H2,1H3. The number of carbonyl (C=O) groups excluding carboxylic acids is 1. The highest BCUT2D eigenvalue weighted by molar-refractivity contribution is 5.91. The Morgan fingerprint density at radius 2 is 2.00 bits per heavy atom. The molecule has 9 heteroatoms. The number of hydrogen-bond acceptors (Lipinski definition) is 7.